The molecule has 2 unspecified atom stereocenters. The van der Waals surface area contributed by atoms with E-state index in [0.717, 1.165) is 34.9 Å². The van der Waals surface area contributed by atoms with Crippen molar-refractivity contribution in [2.24, 2.45) is 0 Å². The van der Waals surface area contributed by atoms with Crippen molar-refractivity contribution in [2.45, 2.75) is 24.9 Å². The Kier molecular flexibility index (Phi) is 5.99. The van der Waals surface area contributed by atoms with Gasteiger partial charge in [0.2, 0.25) is 0 Å². The molecule has 1 fully saturated rings. The highest BCUT2D eigenvalue weighted by Crippen LogP contribution is 2.35. The number of carbonyl (C=O) groups excluding carboxylic acids is 1. The molecule has 2 atom stereocenters. The van der Waals surface area contributed by atoms with Crippen molar-refractivity contribution < 1.29 is 9.90 Å². The summed E-state index contributed by atoms with van der Waals surface area (Å²) in [4.78, 5) is 17.7. The maximum Gasteiger partial charge on any atom is 0.317 e. The number of urea groups is 1. The van der Waals surface area contributed by atoms with Crippen LogP contribution in [0.2, 0.25) is 10.0 Å². The third-order valence-corrected chi connectivity index (χ3v) is 6.04. The molecule has 3 N–H and O–H groups in total. The number of H-pyrrole nitrogens is 1. The molecule has 1 aromatic heterocycles. The van der Waals surface area contributed by atoms with Gasteiger partial charge >= 0.3 is 6.03 Å². The molecule has 0 bridgehead atoms. The van der Waals surface area contributed by atoms with E-state index in [-0.39, 0.29) is 11.9 Å². The normalized spacial score (nSPS) is 18.0. The number of likely N-dealkylation sites (tertiary alicyclic amines) is 1. The molecule has 0 radical (unpaired) electrons. The fourth-order valence-corrected chi connectivity index (χ4v) is 4.53. The minimum Gasteiger partial charge on any atom is -0.391 e. The minimum absolute atomic E-state index is 0.144. The second-order valence-corrected chi connectivity index (χ2v) is 8.28. The number of aromatic nitrogens is 1. The molecular formula is C22H23Cl2N3O2. The number of rotatable bonds is 4. The van der Waals surface area contributed by atoms with Crippen LogP contribution in [0.3, 0.4) is 0 Å². The second-order valence-electron chi connectivity index (χ2n) is 7.44. The average molecular weight is 432 g/mol. The van der Waals surface area contributed by atoms with Gasteiger partial charge in [-0.1, -0.05) is 47.5 Å². The molecule has 0 aliphatic carbocycles. The number of hydrogen-bond donors (Lipinski definition) is 3. The Hall–Kier alpha value is -2.21. The van der Waals surface area contributed by atoms with Crippen LogP contribution in [-0.2, 0) is 0 Å². The van der Waals surface area contributed by atoms with Crippen molar-refractivity contribution in [1.29, 1.82) is 0 Å². The zero-order valence-corrected chi connectivity index (χ0v) is 17.4. The number of carbonyl (C=O) groups is 1. The van der Waals surface area contributed by atoms with Gasteiger partial charge in [-0.05, 0) is 42.2 Å². The van der Waals surface area contributed by atoms with Gasteiger partial charge in [-0.2, -0.15) is 0 Å². The van der Waals surface area contributed by atoms with E-state index in [4.69, 9.17) is 23.2 Å². The van der Waals surface area contributed by atoms with Gasteiger partial charge in [0.15, 0.2) is 0 Å². The number of aromatic amines is 1. The molecule has 1 saturated heterocycles. The fourth-order valence-electron chi connectivity index (χ4n) is 3.99. The molecule has 29 heavy (non-hydrogen) atoms. The fraction of sp³-hybridized carbons (Fsp3) is 0.318. The van der Waals surface area contributed by atoms with Gasteiger partial charge in [0.1, 0.15) is 0 Å². The SMILES string of the molecule is O=C(NCC(c1ccc(Cl)cc1Cl)c1c[nH]c2ccccc12)N1CCCC(O)C1. The van der Waals surface area contributed by atoms with Crippen LogP contribution >= 0.6 is 23.2 Å². The Balaban J connectivity index is 1.63. The van der Waals surface area contributed by atoms with Crippen LogP contribution in [-0.4, -0.2) is 46.8 Å². The Morgan fingerprint density at radius 3 is 2.86 bits per heavy atom. The molecule has 2 amide bonds. The first-order valence-corrected chi connectivity index (χ1v) is 10.5. The summed E-state index contributed by atoms with van der Waals surface area (Å²) in [5.41, 5.74) is 2.99. The molecule has 0 saturated carbocycles. The highest BCUT2D eigenvalue weighted by Gasteiger charge is 2.25. The van der Waals surface area contributed by atoms with Crippen molar-refractivity contribution in [3.05, 3.63) is 69.8 Å². The molecule has 4 rings (SSSR count). The molecule has 2 heterocycles. The standard InChI is InChI=1S/C22H23Cl2N3O2/c23-14-7-8-16(20(24)10-14)18(19-11-25-21-6-2-1-5-17(19)21)12-26-22(29)27-9-3-4-15(28)13-27/h1-2,5-8,10-11,15,18,25,28H,3-4,9,12-13H2,(H,26,29). The lowest BCUT2D eigenvalue weighted by Crippen LogP contribution is -2.47. The van der Waals surface area contributed by atoms with E-state index in [0.29, 0.717) is 29.7 Å². The number of amides is 2. The number of β-amino-alcohol motifs (C(OH)–C–C–N with tert-alkyl or cyclic N) is 1. The minimum atomic E-state index is -0.454. The summed E-state index contributed by atoms with van der Waals surface area (Å²) in [7, 11) is 0. The molecule has 5 nitrogen and oxygen atoms in total. The highest BCUT2D eigenvalue weighted by molar-refractivity contribution is 6.35. The van der Waals surface area contributed by atoms with Crippen molar-refractivity contribution in [1.82, 2.24) is 15.2 Å². The average Bonchev–Trinajstić information content (AvgIpc) is 3.13. The number of aliphatic hydroxyl groups excluding tert-OH is 1. The summed E-state index contributed by atoms with van der Waals surface area (Å²) < 4.78 is 0. The third kappa shape index (κ3) is 4.37. The lowest BCUT2D eigenvalue weighted by atomic mass is 9.91. The zero-order valence-electron chi connectivity index (χ0n) is 15.9. The number of fused-ring (bicyclic) bond motifs is 1. The second kappa shape index (κ2) is 8.66. The maximum absolute atomic E-state index is 12.7. The summed E-state index contributed by atoms with van der Waals surface area (Å²) in [6.45, 7) is 1.41. The number of hydrogen-bond acceptors (Lipinski definition) is 2. The van der Waals surface area contributed by atoms with Crippen molar-refractivity contribution >= 4 is 40.1 Å². The topological polar surface area (TPSA) is 68.4 Å². The number of aliphatic hydroxyl groups is 1. The van der Waals surface area contributed by atoms with Gasteiger partial charge < -0.3 is 20.3 Å². The van der Waals surface area contributed by atoms with E-state index in [2.05, 4.69) is 16.4 Å². The Labute approximate surface area is 179 Å². The molecule has 1 aliphatic heterocycles. The van der Waals surface area contributed by atoms with Crippen LogP contribution in [0.25, 0.3) is 10.9 Å². The van der Waals surface area contributed by atoms with Gasteiger partial charge in [-0.15, -0.1) is 0 Å². The summed E-state index contributed by atoms with van der Waals surface area (Å²) in [6.07, 6.45) is 3.06. The summed E-state index contributed by atoms with van der Waals surface area (Å²) in [6, 6.07) is 13.3. The van der Waals surface area contributed by atoms with Crippen molar-refractivity contribution in [3.63, 3.8) is 0 Å². The molecule has 1 aliphatic rings. The summed E-state index contributed by atoms with van der Waals surface area (Å²) in [5, 5.41) is 15.1. The van der Waals surface area contributed by atoms with Gasteiger partial charge in [-0.3, -0.25) is 0 Å². The predicted molar refractivity (Wildman–Crippen MR) is 117 cm³/mol. The van der Waals surface area contributed by atoms with Gasteiger partial charge in [0, 0.05) is 52.7 Å². The van der Waals surface area contributed by atoms with E-state index in [1.165, 1.54) is 0 Å². The molecule has 152 valence electrons. The Morgan fingerprint density at radius 1 is 1.24 bits per heavy atom. The smallest absolute Gasteiger partial charge is 0.317 e. The van der Waals surface area contributed by atoms with E-state index in [1.807, 2.05) is 36.5 Å². The van der Waals surface area contributed by atoms with E-state index in [1.54, 1.807) is 11.0 Å². The molecule has 3 aromatic rings. The Morgan fingerprint density at radius 2 is 2.07 bits per heavy atom. The van der Waals surface area contributed by atoms with Crippen LogP contribution in [0.15, 0.2) is 48.7 Å². The number of piperidine rings is 1. The number of nitrogens with one attached hydrogen (secondary N) is 2. The predicted octanol–water partition coefficient (Wildman–Crippen LogP) is 4.77. The van der Waals surface area contributed by atoms with Crippen LogP contribution in [0.1, 0.15) is 29.9 Å². The first-order chi connectivity index (χ1) is 14.0. The van der Waals surface area contributed by atoms with E-state index >= 15 is 0 Å². The number of nitrogens with zero attached hydrogens (tertiary/aromatic N) is 1. The largest absolute Gasteiger partial charge is 0.391 e. The Bertz CT molecular complexity index is 1020. The van der Waals surface area contributed by atoms with Crippen LogP contribution in [0.5, 0.6) is 0 Å². The van der Waals surface area contributed by atoms with Gasteiger partial charge in [0.25, 0.3) is 0 Å². The first kappa shape index (κ1) is 20.1. The maximum atomic E-state index is 12.7. The first-order valence-electron chi connectivity index (χ1n) is 9.74. The molecular weight excluding hydrogens is 409 g/mol. The lowest BCUT2D eigenvalue weighted by Gasteiger charge is -2.31. The van der Waals surface area contributed by atoms with Crippen molar-refractivity contribution in [3.8, 4) is 0 Å². The number of benzene rings is 2. The number of halogens is 2. The van der Waals surface area contributed by atoms with Crippen LogP contribution < -0.4 is 5.32 Å². The van der Waals surface area contributed by atoms with Gasteiger partial charge in [-0.25, -0.2) is 4.79 Å². The monoisotopic (exact) mass is 431 g/mol. The third-order valence-electron chi connectivity index (χ3n) is 5.48. The van der Waals surface area contributed by atoms with E-state index < -0.39 is 6.10 Å². The summed E-state index contributed by atoms with van der Waals surface area (Å²) >= 11 is 12.6. The molecule has 7 heteroatoms. The number of para-hydroxylation sites is 1. The zero-order chi connectivity index (χ0) is 20.4. The molecule has 2 aromatic carbocycles. The lowest BCUT2D eigenvalue weighted by molar-refractivity contribution is 0.0842. The molecule has 0 spiro atoms. The highest BCUT2D eigenvalue weighted by atomic mass is 35.5. The quantitative estimate of drug-likeness (QED) is 0.556. The van der Waals surface area contributed by atoms with Crippen molar-refractivity contribution in [2.75, 3.05) is 19.6 Å². The van der Waals surface area contributed by atoms with Gasteiger partial charge in [0.05, 0.1) is 6.10 Å². The summed E-state index contributed by atoms with van der Waals surface area (Å²) in [5.74, 6) is -0.144. The van der Waals surface area contributed by atoms with Crippen LogP contribution in [0.4, 0.5) is 4.79 Å². The van der Waals surface area contributed by atoms with Crippen LogP contribution in [0, 0.1) is 0 Å². The van der Waals surface area contributed by atoms with E-state index in [9.17, 15) is 9.90 Å².